The molecule has 0 aromatic heterocycles. The molecule has 1 aromatic carbocycles. The maximum Gasteiger partial charge on any atom is 0.220 e. The van der Waals surface area contributed by atoms with Gasteiger partial charge in [-0.25, -0.2) is 0 Å². The molecule has 2 rings (SSSR count). The van der Waals surface area contributed by atoms with E-state index in [1.807, 2.05) is 12.1 Å². The minimum atomic E-state index is -0.123. The highest BCUT2D eigenvalue weighted by atomic mass is 16.2. The Morgan fingerprint density at radius 3 is 2.61 bits per heavy atom. The van der Waals surface area contributed by atoms with E-state index in [2.05, 4.69) is 16.7 Å². The zero-order valence-electron chi connectivity index (χ0n) is 13.4. The van der Waals surface area contributed by atoms with Gasteiger partial charge in [0.25, 0.3) is 0 Å². The molecule has 0 spiro atoms. The first-order chi connectivity index (χ1) is 11.2. The molecule has 0 saturated carbocycles. The topological polar surface area (TPSA) is 75.3 Å². The van der Waals surface area contributed by atoms with Crippen molar-refractivity contribution in [1.82, 2.24) is 10.6 Å². The van der Waals surface area contributed by atoms with Gasteiger partial charge in [0.2, 0.25) is 12.3 Å². The van der Waals surface area contributed by atoms with E-state index in [1.165, 1.54) is 24.0 Å². The number of rotatable bonds is 9. The first kappa shape index (κ1) is 17.2. The molecular formula is C18H24N2O3. The number of Topliss-reactive ketones (excluding diaryl/α,β-unsaturated/α-hetero) is 1. The van der Waals surface area contributed by atoms with Gasteiger partial charge >= 0.3 is 0 Å². The van der Waals surface area contributed by atoms with Gasteiger partial charge in [-0.2, -0.15) is 0 Å². The predicted molar refractivity (Wildman–Crippen MR) is 88.3 cm³/mol. The van der Waals surface area contributed by atoms with E-state index in [1.54, 1.807) is 0 Å². The number of hydrogen-bond acceptors (Lipinski definition) is 3. The minimum absolute atomic E-state index is 0.0242. The number of fused-ring (bicyclic) bond motifs is 1. The van der Waals surface area contributed by atoms with Gasteiger partial charge in [0.05, 0.1) is 0 Å². The van der Waals surface area contributed by atoms with Crippen LogP contribution in [-0.2, 0) is 22.4 Å². The number of carbonyl (C=O) groups excluding carboxylic acids is 3. The number of aryl methyl sites for hydroxylation is 2. The summed E-state index contributed by atoms with van der Waals surface area (Å²) in [6, 6.07) is 5.94. The lowest BCUT2D eigenvalue weighted by atomic mass is 9.89. The molecule has 2 amide bonds. The van der Waals surface area contributed by atoms with Crippen LogP contribution in [0.2, 0.25) is 0 Å². The largest absolute Gasteiger partial charge is 0.359 e. The zero-order chi connectivity index (χ0) is 16.5. The van der Waals surface area contributed by atoms with Gasteiger partial charge in [-0.1, -0.05) is 12.1 Å². The highest BCUT2D eigenvalue weighted by Crippen LogP contribution is 2.22. The zero-order valence-corrected chi connectivity index (χ0v) is 13.4. The van der Waals surface area contributed by atoms with Gasteiger partial charge in [0.15, 0.2) is 5.78 Å². The predicted octanol–water partition coefficient (Wildman–Crippen LogP) is 1.78. The Kier molecular flexibility index (Phi) is 6.78. The van der Waals surface area contributed by atoms with Crippen LogP contribution in [0.1, 0.15) is 53.6 Å². The highest BCUT2D eigenvalue weighted by Gasteiger charge is 2.13. The van der Waals surface area contributed by atoms with Crippen molar-refractivity contribution in [1.29, 1.82) is 0 Å². The highest BCUT2D eigenvalue weighted by molar-refractivity contribution is 5.98. The summed E-state index contributed by atoms with van der Waals surface area (Å²) < 4.78 is 0. The number of nitrogens with one attached hydrogen (secondary N) is 2. The molecule has 0 bridgehead atoms. The summed E-state index contributed by atoms with van der Waals surface area (Å²) in [6.45, 7) is 1.05. The van der Waals surface area contributed by atoms with E-state index in [0.29, 0.717) is 31.5 Å². The number of amides is 2. The van der Waals surface area contributed by atoms with Crippen molar-refractivity contribution in [2.45, 2.75) is 44.9 Å². The van der Waals surface area contributed by atoms with Crippen molar-refractivity contribution in [3.05, 3.63) is 34.9 Å². The molecule has 0 fully saturated rings. The molecule has 0 unspecified atom stereocenters. The third-order valence-electron chi connectivity index (χ3n) is 4.15. The van der Waals surface area contributed by atoms with Crippen LogP contribution in [0, 0.1) is 0 Å². The van der Waals surface area contributed by atoms with Gasteiger partial charge < -0.3 is 10.6 Å². The monoisotopic (exact) mass is 316 g/mol. The fraction of sp³-hybridized carbons (Fsp3) is 0.500. The average Bonchev–Trinajstić information content (AvgIpc) is 2.59. The van der Waals surface area contributed by atoms with E-state index >= 15 is 0 Å². The SMILES string of the molecule is O=CNCCCNC(=O)CCC(=O)c1ccc2c(c1)CCCC2. The van der Waals surface area contributed by atoms with E-state index in [-0.39, 0.29) is 24.5 Å². The Morgan fingerprint density at radius 1 is 1.04 bits per heavy atom. The maximum atomic E-state index is 12.2. The van der Waals surface area contributed by atoms with Crippen molar-refractivity contribution < 1.29 is 14.4 Å². The van der Waals surface area contributed by atoms with Gasteiger partial charge in [0.1, 0.15) is 0 Å². The summed E-state index contributed by atoms with van der Waals surface area (Å²) in [5, 5.41) is 5.28. The van der Waals surface area contributed by atoms with Crippen LogP contribution in [0.3, 0.4) is 0 Å². The number of ketones is 1. The van der Waals surface area contributed by atoms with Crippen molar-refractivity contribution in [2.75, 3.05) is 13.1 Å². The van der Waals surface area contributed by atoms with Crippen LogP contribution in [0.15, 0.2) is 18.2 Å². The number of carbonyl (C=O) groups is 3. The Bertz CT molecular complexity index is 569. The molecule has 23 heavy (non-hydrogen) atoms. The van der Waals surface area contributed by atoms with Crippen LogP contribution in [0.4, 0.5) is 0 Å². The molecule has 5 heteroatoms. The lowest BCUT2D eigenvalue weighted by Crippen LogP contribution is -2.27. The van der Waals surface area contributed by atoms with E-state index in [4.69, 9.17) is 0 Å². The van der Waals surface area contributed by atoms with E-state index in [0.717, 1.165) is 12.8 Å². The first-order valence-corrected chi connectivity index (χ1v) is 8.29. The summed E-state index contributed by atoms with van der Waals surface area (Å²) in [7, 11) is 0. The molecule has 1 aliphatic carbocycles. The Labute approximate surface area is 136 Å². The smallest absolute Gasteiger partial charge is 0.220 e. The standard InChI is InChI=1S/C18H24N2O3/c21-13-19-10-3-11-20-18(23)9-8-17(22)16-7-6-14-4-1-2-5-15(14)12-16/h6-7,12-13H,1-5,8-11H2,(H,19,21)(H,20,23). The summed E-state index contributed by atoms with van der Waals surface area (Å²) in [4.78, 5) is 34.0. The number of hydrogen-bond donors (Lipinski definition) is 2. The Hall–Kier alpha value is -2.17. The summed E-state index contributed by atoms with van der Waals surface area (Å²) >= 11 is 0. The van der Waals surface area contributed by atoms with Crippen LogP contribution in [-0.4, -0.2) is 31.2 Å². The van der Waals surface area contributed by atoms with Crippen molar-refractivity contribution in [3.63, 3.8) is 0 Å². The van der Waals surface area contributed by atoms with Gasteiger partial charge in [-0.05, 0) is 49.3 Å². The molecule has 124 valence electrons. The van der Waals surface area contributed by atoms with Crippen LogP contribution < -0.4 is 10.6 Å². The summed E-state index contributed by atoms with van der Waals surface area (Å²) in [5.74, 6) is -0.0986. The molecule has 5 nitrogen and oxygen atoms in total. The second kappa shape index (κ2) is 9.08. The van der Waals surface area contributed by atoms with Crippen LogP contribution >= 0.6 is 0 Å². The average molecular weight is 316 g/mol. The minimum Gasteiger partial charge on any atom is -0.359 e. The van der Waals surface area contributed by atoms with Gasteiger partial charge in [0, 0.05) is 31.5 Å². The number of benzene rings is 1. The Morgan fingerprint density at radius 2 is 1.83 bits per heavy atom. The first-order valence-electron chi connectivity index (χ1n) is 8.29. The van der Waals surface area contributed by atoms with Crippen LogP contribution in [0.5, 0.6) is 0 Å². The molecule has 2 N–H and O–H groups in total. The van der Waals surface area contributed by atoms with E-state index < -0.39 is 0 Å². The maximum absolute atomic E-state index is 12.2. The lowest BCUT2D eigenvalue weighted by Gasteiger charge is -2.16. The quantitative estimate of drug-likeness (QED) is 0.414. The second-order valence-corrected chi connectivity index (χ2v) is 5.89. The molecule has 0 aliphatic heterocycles. The summed E-state index contributed by atoms with van der Waals surface area (Å²) in [5.41, 5.74) is 3.36. The molecular weight excluding hydrogens is 292 g/mol. The molecule has 0 radical (unpaired) electrons. The van der Waals surface area contributed by atoms with E-state index in [9.17, 15) is 14.4 Å². The Balaban J connectivity index is 1.74. The third kappa shape index (κ3) is 5.51. The molecule has 1 aliphatic rings. The lowest BCUT2D eigenvalue weighted by molar-refractivity contribution is -0.121. The normalized spacial score (nSPS) is 13.0. The fourth-order valence-electron chi connectivity index (χ4n) is 2.84. The molecule has 0 saturated heterocycles. The fourth-order valence-corrected chi connectivity index (χ4v) is 2.84. The van der Waals surface area contributed by atoms with Gasteiger partial charge in [-0.15, -0.1) is 0 Å². The van der Waals surface area contributed by atoms with Crippen LogP contribution in [0.25, 0.3) is 0 Å². The summed E-state index contributed by atoms with van der Waals surface area (Å²) in [6.07, 6.45) is 6.32. The van der Waals surface area contributed by atoms with Gasteiger partial charge in [-0.3, -0.25) is 14.4 Å². The van der Waals surface area contributed by atoms with Crippen molar-refractivity contribution in [3.8, 4) is 0 Å². The second-order valence-electron chi connectivity index (χ2n) is 5.89. The molecule has 0 heterocycles. The van der Waals surface area contributed by atoms with Crippen molar-refractivity contribution >= 4 is 18.1 Å². The third-order valence-corrected chi connectivity index (χ3v) is 4.15. The van der Waals surface area contributed by atoms with Crippen molar-refractivity contribution in [2.24, 2.45) is 0 Å². The molecule has 1 aromatic rings. The molecule has 0 atom stereocenters.